The van der Waals surface area contributed by atoms with E-state index in [1.165, 1.54) is 17.0 Å². The van der Waals surface area contributed by atoms with Crippen molar-refractivity contribution in [1.29, 1.82) is 0 Å². The zero-order valence-corrected chi connectivity index (χ0v) is 20.6. The number of hydrogen-bond donors (Lipinski definition) is 2. The summed E-state index contributed by atoms with van der Waals surface area (Å²) < 4.78 is 0. The van der Waals surface area contributed by atoms with Crippen molar-refractivity contribution < 1.29 is 4.79 Å². The molecule has 33 heavy (non-hydrogen) atoms. The predicted octanol–water partition coefficient (Wildman–Crippen LogP) is 4.67. The molecule has 3 heterocycles. The van der Waals surface area contributed by atoms with Crippen LogP contribution in [0.5, 0.6) is 0 Å². The van der Waals surface area contributed by atoms with Gasteiger partial charge in [0.05, 0.1) is 23.1 Å². The fourth-order valence-electron chi connectivity index (χ4n) is 3.80. The van der Waals surface area contributed by atoms with E-state index in [0.717, 1.165) is 42.4 Å². The quantitative estimate of drug-likeness (QED) is 0.552. The van der Waals surface area contributed by atoms with E-state index in [2.05, 4.69) is 77.7 Å². The van der Waals surface area contributed by atoms with Crippen molar-refractivity contribution in [3.05, 3.63) is 53.0 Å². The topological polar surface area (TPSA) is 73.4 Å². The second-order valence-electron chi connectivity index (χ2n) is 9.45. The number of nitrogens with one attached hydrogen (secondary N) is 2. The lowest BCUT2D eigenvalue weighted by Crippen LogP contribution is -2.48. The number of pyridine rings is 1. The van der Waals surface area contributed by atoms with Crippen molar-refractivity contribution in [3.8, 4) is 11.3 Å². The van der Waals surface area contributed by atoms with Crippen LogP contribution in [0.1, 0.15) is 30.4 Å². The van der Waals surface area contributed by atoms with Crippen LogP contribution in [0.2, 0.25) is 0 Å². The van der Waals surface area contributed by atoms with E-state index >= 15 is 0 Å². The Hall–Kier alpha value is -3.13. The van der Waals surface area contributed by atoms with Crippen LogP contribution in [0.25, 0.3) is 11.3 Å². The molecule has 174 valence electrons. The van der Waals surface area contributed by atoms with Gasteiger partial charge in [0.25, 0.3) is 5.91 Å². The number of anilines is 3. The molecule has 8 heteroatoms. The predicted molar refractivity (Wildman–Crippen MR) is 137 cm³/mol. The van der Waals surface area contributed by atoms with Crippen molar-refractivity contribution in [2.75, 3.05) is 55.3 Å². The van der Waals surface area contributed by atoms with Crippen LogP contribution in [0, 0.1) is 5.41 Å². The number of thiazole rings is 1. The molecule has 1 amide bonds. The zero-order valence-electron chi connectivity index (χ0n) is 19.8. The average Bonchev–Trinajstić information content (AvgIpc) is 3.37. The summed E-state index contributed by atoms with van der Waals surface area (Å²) in [4.78, 5) is 26.3. The van der Waals surface area contributed by atoms with Gasteiger partial charge in [-0.15, -0.1) is 11.3 Å². The molecular formula is C25H32N6OS. The highest BCUT2D eigenvalue weighted by molar-refractivity contribution is 7.11. The molecule has 1 fully saturated rings. The fourth-order valence-corrected chi connectivity index (χ4v) is 4.39. The molecule has 1 aromatic carbocycles. The van der Waals surface area contributed by atoms with Gasteiger partial charge in [0.15, 0.2) is 0 Å². The van der Waals surface area contributed by atoms with Crippen LogP contribution < -0.4 is 15.5 Å². The van der Waals surface area contributed by atoms with E-state index in [0.29, 0.717) is 18.0 Å². The molecule has 2 aromatic heterocycles. The van der Waals surface area contributed by atoms with Gasteiger partial charge in [-0.25, -0.2) is 4.98 Å². The van der Waals surface area contributed by atoms with E-state index in [1.807, 2.05) is 11.9 Å². The third kappa shape index (κ3) is 5.63. The van der Waals surface area contributed by atoms with Crippen LogP contribution >= 0.6 is 11.3 Å². The highest BCUT2D eigenvalue weighted by Gasteiger charge is 2.23. The molecule has 0 saturated carbocycles. The van der Waals surface area contributed by atoms with Crippen LogP contribution in [0.15, 0.2) is 48.1 Å². The number of nitrogens with zero attached hydrogens (tertiary/aromatic N) is 4. The molecule has 0 radical (unpaired) electrons. The maximum absolute atomic E-state index is 12.5. The summed E-state index contributed by atoms with van der Waals surface area (Å²) >= 11 is 1.40. The minimum absolute atomic E-state index is 0.0827. The summed E-state index contributed by atoms with van der Waals surface area (Å²) in [5.74, 6) is 0.932. The Kier molecular flexibility index (Phi) is 6.83. The number of carbonyl (C=O) groups is 1. The zero-order chi connectivity index (χ0) is 23.4. The molecular weight excluding hydrogens is 432 g/mol. The maximum atomic E-state index is 12.5. The maximum Gasteiger partial charge on any atom is 0.265 e. The smallest absolute Gasteiger partial charge is 0.265 e. The van der Waals surface area contributed by atoms with Gasteiger partial charge in [0.2, 0.25) is 0 Å². The first-order valence-corrected chi connectivity index (χ1v) is 12.2. The first kappa shape index (κ1) is 23.0. The molecule has 0 bridgehead atoms. The lowest BCUT2D eigenvalue weighted by atomic mass is 9.97. The summed E-state index contributed by atoms with van der Waals surface area (Å²) in [6.45, 7) is 10.6. The fraction of sp³-hybridized carbons (Fsp3) is 0.400. The van der Waals surface area contributed by atoms with Gasteiger partial charge in [0, 0.05) is 51.0 Å². The van der Waals surface area contributed by atoms with Crippen molar-refractivity contribution in [3.63, 3.8) is 0 Å². The third-order valence-electron chi connectivity index (χ3n) is 5.68. The van der Waals surface area contributed by atoms with Crippen LogP contribution in [-0.4, -0.2) is 60.5 Å². The normalized spacial score (nSPS) is 14.3. The first-order valence-electron chi connectivity index (χ1n) is 11.3. The Labute approximate surface area is 199 Å². The molecule has 3 aromatic rings. The lowest BCUT2D eigenvalue weighted by molar-refractivity contribution is 0.0751. The van der Waals surface area contributed by atoms with Gasteiger partial charge in [0.1, 0.15) is 10.7 Å². The van der Waals surface area contributed by atoms with E-state index in [1.54, 1.807) is 11.7 Å². The SMILES string of the molecule is CNc1nc(-c2ccc(N3CCN(C(=O)c4cncs4)CC3)cc2)ccc1NCC(C)(C)C. The standard InChI is InChI=1S/C25H32N6OS/c1-25(2,3)16-28-21-10-9-20(29-23(21)26-4)18-5-7-19(8-6-18)30-11-13-31(14-12-30)24(32)22-15-27-17-33-22/h5-10,15,17,28H,11-14,16H2,1-4H3,(H,26,29). The van der Waals surface area contributed by atoms with Crippen molar-refractivity contribution in [2.45, 2.75) is 20.8 Å². The molecule has 1 aliphatic rings. The summed E-state index contributed by atoms with van der Waals surface area (Å²) in [5.41, 5.74) is 6.10. The third-order valence-corrected chi connectivity index (χ3v) is 6.44. The summed E-state index contributed by atoms with van der Waals surface area (Å²) in [6, 6.07) is 12.7. The molecule has 0 spiro atoms. The number of aromatic nitrogens is 2. The van der Waals surface area contributed by atoms with Gasteiger partial charge in [-0.2, -0.15) is 0 Å². The number of rotatable bonds is 6. The average molecular weight is 465 g/mol. The largest absolute Gasteiger partial charge is 0.382 e. The Morgan fingerprint density at radius 2 is 1.79 bits per heavy atom. The van der Waals surface area contributed by atoms with Gasteiger partial charge in [-0.1, -0.05) is 32.9 Å². The van der Waals surface area contributed by atoms with Gasteiger partial charge in [-0.3, -0.25) is 9.78 Å². The molecule has 7 nitrogen and oxygen atoms in total. The monoisotopic (exact) mass is 464 g/mol. The van der Waals surface area contributed by atoms with Crippen LogP contribution in [0.3, 0.4) is 0 Å². The molecule has 4 rings (SSSR count). The van der Waals surface area contributed by atoms with E-state index in [9.17, 15) is 4.79 Å². The van der Waals surface area contributed by atoms with Crippen molar-refractivity contribution >= 4 is 34.4 Å². The number of amides is 1. The molecule has 0 atom stereocenters. The number of benzene rings is 1. The molecule has 2 N–H and O–H groups in total. The van der Waals surface area contributed by atoms with Gasteiger partial charge >= 0.3 is 0 Å². The Balaban J connectivity index is 1.40. The molecule has 0 unspecified atom stereocenters. The minimum Gasteiger partial charge on any atom is -0.382 e. The second kappa shape index (κ2) is 9.79. The second-order valence-corrected chi connectivity index (χ2v) is 10.3. The van der Waals surface area contributed by atoms with E-state index < -0.39 is 0 Å². The van der Waals surface area contributed by atoms with Gasteiger partial charge < -0.3 is 20.4 Å². The summed E-state index contributed by atoms with van der Waals surface area (Å²) in [6.07, 6.45) is 1.65. The molecule has 1 saturated heterocycles. The number of piperazine rings is 1. The van der Waals surface area contributed by atoms with Crippen LogP contribution in [0.4, 0.5) is 17.2 Å². The van der Waals surface area contributed by atoms with E-state index in [4.69, 9.17) is 4.98 Å². The molecule has 1 aliphatic heterocycles. The van der Waals surface area contributed by atoms with Crippen molar-refractivity contribution in [2.24, 2.45) is 5.41 Å². The molecule has 0 aliphatic carbocycles. The summed E-state index contributed by atoms with van der Waals surface area (Å²) in [5, 5.41) is 6.70. The number of hydrogen-bond acceptors (Lipinski definition) is 7. The lowest BCUT2D eigenvalue weighted by Gasteiger charge is -2.36. The Bertz CT molecular complexity index is 1070. The number of carbonyl (C=O) groups excluding carboxylic acids is 1. The Morgan fingerprint density at radius 1 is 1.06 bits per heavy atom. The van der Waals surface area contributed by atoms with Gasteiger partial charge in [-0.05, 0) is 29.7 Å². The Morgan fingerprint density at radius 3 is 2.39 bits per heavy atom. The van der Waals surface area contributed by atoms with E-state index in [-0.39, 0.29) is 11.3 Å². The first-order chi connectivity index (χ1) is 15.8. The summed E-state index contributed by atoms with van der Waals surface area (Å²) in [7, 11) is 1.90. The highest BCUT2D eigenvalue weighted by Crippen LogP contribution is 2.28. The van der Waals surface area contributed by atoms with Crippen LogP contribution in [-0.2, 0) is 0 Å². The highest BCUT2D eigenvalue weighted by atomic mass is 32.1. The minimum atomic E-state index is 0.0827. The van der Waals surface area contributed by atoms with Crippen molar-refractivity contribution in [1.82, 2.24) is 14.9 Å².